The van der Waals surface area contributed by atoms with E-state index >= 15 is 0 Å². The number of aliphatic imine (C=N–C) groups is 1. The zero-order valence-electron chi connectivity index (χ0n) is 16.3. The molecule has 1 fully saturated rings. The number of ether oxygens (including phenoxy) is 1. The van der Waals surface area contributed by atoms with E-state index in [1.54, 1.807) is 0 Å². The summed E-state index contributed by atoms with van der Waals surface area (Å²) in [5, 5.41) is 3.20. The monoisotopic (exact) mass is 366 g/mol. The van der Waals surface area contributed by atoms with Crippen LogP contribution in [0.2, 0.25) is 0 Å². The zero-order valence-corrected chi connectivity index (χ0v) is 16.3. The van der Waals surface area contributed by atoms with E-state index in [2.05, 4.69) is 65.5 Å². The molecule has 1 atom stereocenters. The van der Waals surface area contributed by atoms with E-state index in [-0.39, 0.29) is 6.04 Å². The smallest absolute Gasteiger partial charge is 0.193 e. The summed E-state index contributed by atoms with van der Waals surface area (Å²) in [7, 11) is 0. The third-order valence-corrected chi connectivity index (χ3v) is 5.02. The van der Waals surface area contributed by atoms with Crippen molar-refractivity contribution < 1.29 is 4.74 Å². The van der Waals surface area contributed by atoms with E-state index in [9.17, 15) is 0 Å². The molecule has 1 saturated heterocycles. The minimum Gasteiger partial charge on any atom is -0.379 e. The number of aryl methyl sites for hydroxylation is 2. The molecule has 5 nitrogen and oxygen atoms in total. The Balaban J connectivity index is 1.70. The summed E-state index contributed by atoms with van der Waals surface area (Å²) in [5.74, 6) is 0.449. The van der Waals surface area contributed by atoms with Gasteiger partial charge in [0, 0.05) is 18.8 Å². The largest absolute Gasteiger partial charge is 0.379 e. The van der Waals surface area contributed by atoms with Crippen LogP contribution in [0.5, 0.6) is 0 Å². The van der Waals surface area contributed by atoms with Gasteiger partial charge in [0.25, 0.3) is 0 Å². The molecule has 3 N–H and O–H groups in total. The molecule has 2 aromatic rings. The van der Waals surface area contributed by atoms with Crippen LogP contribution in [0.1, 0.15) is 29.7 Å². The highest BCUT2D eigenvalue weighted by Gasteiger charge is 2.22. The average molecular weight is 367 g/mol. The molecule has 27 heavy (non-hydrogen) atoms. The Morgan fingerprint density at radius 2 is 1.78 bits per heavy atom. The molecular formula is C22H30N4O. The maximum Gasteiger partial charge on any atom is 0.193 e. The summed E-state index contributed by atoms with van der Waals surface area (Å²) >= 11 is 0. The molecule has 1 heterocycles. The second-order valence-electron chi connectivity index (χ2n) is 6.98. The minimum atomic E-state index is 0.206. The molecule has 0 amide bonds. The lowest BCUT2D eigenvalue weighted by atomic mass is 10.0. The van der Waals surface area contributed by atoms with E-state index in [0.717, 1.165) is 38.4 Å². The molecule has 0 aliphatic carbocycles. The number of benzene rings is 2. The van der Waals surface area contributed by atoms with Crippen LogP contribution in [0.3, 0.4) is 0 Å². The SMILES string of the molecule is CCc1ccc(NC(N)=NCC(c2ccc(C)cc2)N2CCOCC2)cc1. The standard InChI is InChI=1S/C22H30N4O/c1-3-18-6-10-20(11-7-18)25-22(23)24-16-21(26-12-14-27-15-13-26)19-8-4-17(2)5-9-19/h4-11,21H,3,12-16H2,1-2H3,(H3,23,24,25). The van der Waals surface area contributed by atoms with E-state index < -0.39 is 0 Å². The quantitative estimate of drug-likeness (QED) is 0.608. The normalized spacial score (nSPS) is 16.9. The number of anilines is 1. The van der Waals surface area contributed by atoms with Gasteiger partial charge in [-0.15, -0.1) is 0 Å². The van der Waals surface area contributed by atoms with Gasteiger partial charge in [0.15, 0.2) is 5.96 Å². The van der Waals surface area contributed by atoms with Gasteiger partial charge in [-0.05, 0) is 36.6 Å². The van der Waals surface area contributed by atoms with E-state index in [1.807, 2.05) is 12.1 Å². The maximum atomic E-state index is 6.15. The number of nitrogens with zero attached hydrogens (tertiary/aromatic N) is 2. The van der Waals surface area contributed by atoms with E-state index in [1.165, 1.54) is 16.7 Å². The van der Waals surface area contributed by atoms with Gasteiger partial charge in [-0.1, -0.05) is 48.9 Å². The molecule has 0 saturated carbocycles. The summed E-state index contributed by atoms with van der Waals surface area (Å²) in [4.78, 5) is 7.07. The van der Waals surface area contributed by atoms with Crippen molar-refractivity contribution in [3.63, 3.8) is 0 Å². The van der Waals surface area contributed by atoms with Crippen LogP contribution >= 0.6 is 0 Å². The number of rotatable bonds is 6. The van der Waals surface area contributed by atoms with Crippen molar-refractivity contribution >= 4 is 11.6 Å². The lowest BCUT2D eigenvalue weighted by Gasteiger charge is -2.34. The maximum absolute atomic E-state index is 6.15. The lowest BCUT2D eigenvalue weighted by Crippen LogP contribution is -2.40. The minimum absolute atomic E-state index is 0.206. The van der Waals surface area contributed by atoms with Crippen molar-refractivity contribution in [3.05, 3.63) is 65.2 Å². The molecule has 0 radical (unpaired) electrons. The Labute approximate surface area is 162 Å². The number of guanidine groups is 1. The first-order valence-corrected chi connectivity index (χ1v) is 9.70. The zero-order chi connectivity index (χ0) is 19.1. The highest BCUT2D eigenvalue weighted by molar-refractivity contribution is 5.92. The Kier molecular flexibility index (Phi) is 6.85. The van der Waals surface area contributed by atoms with Gasteiger partial charge < -0.3 is 15.8 Å². The molecule has 5 heteroatoms. The van der Waals surface area contributed by atoms with Gasteiger partial charge >= 0.3 is 0 Å². The Morgan fingerprint density at radius 3 is 2.41 bits per heavy atom. The van der Waals surface area contributed by atoms with Crippen LogP contribution in [-0.2, 0) is 11.2 Å². The molecule has 0 spiro atoms. The van der Waals surface area contributed by atoms with Crippen molar-refractivity contribution in [2.75, 3.05) is 38.2 Å². The first-order chi connectivity index (χ1) is 13.2. The number of morpholine rings is 1. The summed E-state index contributed by atoms with van der Waals surface area (Å²) in [6.07, 6.45) is 1.03. The van der Waals surface area contributed by atoms with Crippen LogP contribution in [0, 0.1) is 6.92 Å². The summed E-state index contributed by atoms with van der Waals surface area (Å²) < 4.78 is 5.51. The summed E-state index contributed by atoms with van der Waals surface area (Å²) in [5.41, 5.74) is 11.0. The molecule has 0 aromatic heterocycles. The summed E-state index contributed by atoms with van der Waals surface area (Å²) in [6.45, 7) is 8.24. The highest BCUT2D eigenvalue weighted by Crippen LogP contribution is 2.23. The second-order valence-corrected chi connectivity index (χ2v) is 6.98. The lowest BCUT2D eigenvalue weighted by molar-refractivity contribution is 0.0180. The molecule has 1 aliphatic rings. The predicted octanol–water partition coefficient (Wildman–Crippen LogP) is 3.36. The molecular weight excluding hydrogens is 336 g/mol. The van der Waals surface area contributed by atoms with Crippen LogP contribution < -0.4 is 11.1 Å². The Morgan fingerprint density at radius 1 is 1.11 bits per heavy atom. The van der Waals surface area contributed by atoms with Crippen molar-refractivity contribution in [3.8, 4) is 0 Å². The number of hydrogen-bond donors (Lipinski definition) is 2. The van der Waals surface area contributed by atoms with Crippen LogP contribution in [0.15, 0.2) is 53.5 Å². The van der Waals surface area contributed by atoms with Crippen LogP contribution in [0.4, 0.5) is 5.69 Å². The fraction of sp³-hybridized carbons (Fsp3) is 0.409. The topological polar surface area (TPSA) is 62.9 Å². The first kappa shape index (κ1) is 19.4. The van der Waals surface area contributed by atoms with E-state index in [0.29, 0.717) is 12.5 Å². The van der Waals surface area contributed by atoms with E-state index in [4.69, 9.17) is 10.5 Å². The van der Waals surface area contributed by atoms with Gasteiger partial charge in [-0.3, -0.25) is 9.89 Å². The van der Waals surface area contributed by atoms with Gasteiger partial charge in [0.05, 0.1) is 25.8 Å². The van der Waals surface area contributed by atoms with Gasteiger partial charge in [0.1, 0.15) is 0 Å². The molecule has 0 bridgehead atoms. The van der Waals surface area contributed by atoms with Crippen molar-refractivity contribution in [2.24, 2.45) is 10.7 Å². The second kappa shape index (κ2) is 9.53. The fourth-order valence-electron chi connectivity index (χ4n) is 3.31. The molecule has 2 aromatic carbocycles. The molecule has 144 valence electrons. The number of nitrogens with one attached hydrogen (secondary N) is 1. The van der Waals surface area contributed by atoms with Gasteiger partial charge in [0.2, 0.25) is 0 Å². The van der Waals surface area contributed by atoms with Crippen LogP contribution in [-0.4, -0.2) is 43.7 Å². The Bertz CT molecular complexity index is 734. The number of hydrogen-bond acceptors (Lipinski definition) is 3. The van der Waals surface area contributed by atoms with Gasteiger partial charge in [-0.2, -0.15) is 0 Å². The van der Waals surface area contributed by atoms with Crippen molar-refractivity contribution in [2.45, 2.75) is 26.3 Å². The van der Waals surface area contributed by atoms with Crippen molar-refractivity contribution in [1.82, 2.24) is 4.90 Å². The van der Waals surface area contributed by atoms with Crippen molar-refractivity contribution in [1.29, 1.82) is 0 Å². The number of nitrogens with two attached hydrogens (primary N) is 1. The molecule has 1 unspecified atom stereocenters. The van der Waals surface area contributed by atoms with Crippen LogP contribution in [0.25, 0.3) is 0 Å². The van der Waals surface area contributed by atoms with Gasteiger partial charge in [-0.25, -0.2) is 0 Å². The third-order valence-electron chi connectivity index (χ3n) is 5.02. The molecule has 1 aliphatic heterocycles. The predicted molar refractivity (Wildman–Crippen MR) is 112 cm³/mol. The summed E-state index contributed by atoms with van der Waals surface area (Å²) in [6, 6.07) is 17.2. The average Bonchev–Trinajstić information content (AvgIpc) is 2.71. The molecule has 3 rings (SSSR count). The fourth-order valence-corrected chi connectivity index (χ4v) is 3.31. The Hall–Kier alpha value is -2.37. The highest BCUT2D eigenvalue weighted by atomic mass is 16.5. The first-order valence-electron chi connectivity index (χ1n) is 9.70. The third kappa shape index (κ3) is 5.55.